The summed E-state index contributed by atoms with van der Waals surface area (Å²) < 4.78 is 1.02. The topological polar surface area (TPSA) is 29.4 Å². The molecule has 1 aromatic carbocycles. The van der Waals surface area contributed by atoms with Crippen LogP contribution in [0.3, 0.4) is 0 Å². The molecule has 0 saturated heterocycles. The molecular weight excluding hydrogens is 369 g/mol. The second-order valence-corrected chi connectivity index (χ2v) is 7.73. The van der Waals surface area contributed by atoms with E-state index in [1.807, 2.05) is 12.1 Å². The smallest absolute Gasteiger partial charge is 0.127 e. The van der Waals surface area contributed by atoms with E-state index in [-0.39, 0.29) is 12.0 Å². The van der Waals surface area contributed by atoms with Gasteiger partial charge in [-0.1, -0.05) is 34.4 Å². The minimum atomic E-state index is -0.259. The van der Waals surface area contributed by atoms with E-state index >= 15 is 0 Å². The third-order valence-corrected chi connectivity index (χ3v) is 5.87. The maximum Gasteiger partial charge on any atom is 0.127 e. The van der Waals surface area contributed by atoms with Crippen molar-refractivity contribution in [2.24, 2.45) is 5.18 Å². The van der Waals surface area contributed by atoms with Crippen molar-refractivity contribution in [3.05, 3.63) is 59.0 Å². The van der Waals surface area contributed by atoms with Crippen LogP contribution >= 0.6 is 50.5 Å². The summed E-state index contributed by atoms with van der Waals surface area (Å²) in [6, 6.07) is 7.43. The third-order valence-electron chi connectivity index (χ3n) is 3.37. The summed E-state index contributed by atoms with van der Waals surface area (Å²) in [7, 11) is 0. The molecule has 0 saturated carbocycles. The fourth-order valence-electron chi connectivity index (χ4n) is 2.51. The number of nitrogens with zero attached hydrogens (tertiary/aromatic N) is 1. The summed E-state index contributed by atoms with van der Waals surface area (Å²) in [5.74, 6) is 0.162. The summed E-state index contributed by atoms with van der Waals surface area (Å²) >= 11 is 17.1. The van der Waals surface area contributed by atoms with Crippen LogP contribution < -0.4 is 0 Å². The SMILES string of the molecule is O=NC1CC(c2ccc(Cl)c(Cl)c2)c2cc(Br)sc21. The van der Waals surface area contributed by atoms with Crippen LogP contribution in [0.2, 0.25) is 10.0 Å². The van der Waals surface area contributed by atoms with Crippen molar-refractivity contribution >= 4 is 50.5 Å². The fraction of sp³-hybridized carbons (Fsp3) is 0.231. The molecule has 1 aliphatic rings. The lowest BCUT2D eigenvalue weighted by Crippen LogP contribution is -1.96. The van der Waals surface area contributed by atoms with Gasteiger partial charge in [0.2, 0.25) is 0 Å². The minimum absolute atomic E-state index is 0.162. The van der Waals surface area contributed by atoms with Crippen molar-refractivity contribution in [1.29, 1.82) is 0 Å². The molecule has 0 fully saturated rings. The number of nitroso groups, excluding NO2 is 1. The molecule has 3 rings (SSSR count). The lowest BCUT2D eigenvalue weighted by Gasteiger charge is -2.11. The number of benzene rings is 1. The lowest BCUT2D eigenvalue weighted by atomic mass is 9.94. The molecule has 19 heavy (non-hydrogen) atoms. The highest BCUT2D eigenvalue weighted by Crippen LogP contribution is 2.51. The average molecular weight is 377 g/mol. The Morgan fingerprint density at radius 3 is 2.74 bits per heavy atom. The summed E-state index contributed by atoms with van der Waals surface area (Å²) in [4.78, 5) is 12.0. The van der Waals surface area contributed by atoms with Crippen molar-refractivity contribution in [3.8, 4) is 0 Å². The number of rotatable bonds is 2. The van der Waals surface area contributed by atoms with Crippen LogP contribution in [-0.4, -0.2) is 0 Å². The zero-order valence-corrected chi connectivity index (χ0v) is 13.5. The molecule has 2 nitrogen and oxygen atoms in total. The van der Waals surface area contributed by atoms with Gasteiger partial charge in [-0.2, -0.15) is 4.91 Å². The fourth-order valence-corrected chi connectivity index (χ4v) is 4.58. The van der Waals surface area contributed by atoms with Crippen molar-refractivity contribution in [2.45, 2.75) is 18.4 Å². The van der Waals surface area contributed by atoms with Crippen LogP contribution in [0.1, 0.15) is 34.4 Å². The van der Waals surface area contributed by atoms with Crippen molar-refractivity contribution < 1.29 is 0 Å². The molecule has 0 N–H and O–H groups in total. The van der Waals surface area contributed by atoms with E-state index in [4.69, 9.17) is 23.2 Å². The van der Waals surface area contributed by atoms with Crippen LogP contribution in [0.4, 0.5) is 0 Å². The van der Waals surface area contributed by atoms with E-state index < -0.39 is 0 Å². The molecule has 0 amide bonds. The Labute approximate surface area is 132 Å². The van der Waals surface area contributed by atoms with E-state index in [9.17, 15) is 4.91 Å². The van der Waals surface area contributed by atoms with Gasteiger partial charge in [0.05, 0.1) is 13.8 Å². The van der Waals surface area contributed by atoms with Gasteiger partial charge >= 0.3 is 0 Å². The molecule has 1 aliphatic carbocycles. The number of halogens is 3. The molecule has 2 atom stereocenters. The van der Waals surface area contributed by atoms with Crippen molar-refractivity contribution in [3.63, 3.8) is 0 Å². The average Bonchev–Trinajstić information content (AvgIpc) is 2.90. The highest BCUT2D eigenvalue weighted by atomic mass is 79.9. The predicted octanol–water partition coefficient (Wildman–Crippen LogP) is 6.16. The Morgan fingerprint density at radius 2 is 2.05 bits per heavy atom. The van der Waals surface area contributed by atoms with Gasteiger partial charge in [-0.05, 0) is 51.7 Å². The van der Waals surface area contributed by atoms with Crippen molar-refractivity contribution in [1.82, 2.24) is 0 Å². The molecule has 0 bridgehead atoms. The first-order valence-electron chi connectivity index (χ1n) is 5.66. The van der Waals surface area contributed by atoms with E-state index in [0.717, 1.165) is 14.2 Å². The van der Waals surface area contributed by atoms with Crippen LogP contribution in [-0.2, 0) is 0 Å². The molecule has 6 heteroatoms. The standard InChI is InChI=1S/C13H8BrCl2NOS/c14-12-5-8-7(4-11(17-18)13(8)19-12)6-1-2-9(15)10(16)3-6/h1-3,5,7,11H,4H2. The summed E-state index contributed by atoms with van der Waals surface area (Å²) in [6.45, 7) is 0. The van der Waals surface area contributed by atoms with Gasteiger partial charge in [0.1, 0.15) is 6.04 Å². The Bertz CT molecular complexity index is 658. The number of thiophene rings is 1. The molecule has 0 spiro atoms. The Hall–Kier alpha value is -0.420. The molecular formula is C13H8BrCl2NOS. The summed E-state index contributed by atoms with van der Waals surface area (Å²) in [5.41, 5.74) is 2.24. The second kappa shape index (κ2) is 5.17. The van der Waals surface area contributed by atoms with Gasteiger partial charge in [-0.15, -0.1) is 11.3 Å². The Balaban J connectivity index is 2.06. The quantitative estimate of drug-likeness (QED) is 0.577. The first-order valence-corrected chi connectivity index (χ1v) is 8.03. The zero-order valence-electron chi connectivity index (χ0n) is 9.57. The van der Waals surface area contributed by atoms with Gasteiger partial charge in [0.15, 0.2) is 0 Å². The summed E-state index contributed by atoms with van der Waals surface area (Å²) in [6.07, 6.45) is 0.704. The lowest BCUT2D eigenvalue weighted by molar-refractivity contribution is 0.663. The first kappa shape index (κ1) is 13.6. The molecule has 0 aliphatic heterocycles. The van der Waals surface area contributed by atoms with E-state index in [0.29, 0.717) is 16.5 Å². The maximum atomic E-state index is 11.0. The number of fused-ring (bicyclic) bond motifs is 1. The Morgan fingerprint density at radius 1 is 1.26 bits per heavy atom. The summed E-state index contributed by atoms with van der Waals surface area (Å²) in [5, 5.41) is 4.32. The molecule has 2 unspecified atom stereocenters. The van der Waals surface area contributed by atoms with Crippen LogP contribution in [0.25, 0.3) is 0 Å². The van der Waals surface area contributed by atoms with Gasteiger partial charge in [0.25, 0.3) is 0 Å². The molecule has 1 aromatic heterocycles. The third kappa shape index (κ3) is 2.35. The van der Waals surface area contributed by atoms with E-state index in [1.165, 1.54) is 5.56 Å². The van der Waals surface area contributed by atoms with Crippen molar-refractivity contribution in [2.75, 3.05) is 0 Å². The molecule has 2 aromatic rings. The van der Waals surface area contributed by atoms with Crippen LogP contribution in [0, 0.1) is 4.91 Å². The second-order valence-electron chi connectivity index (χ2n) is 4.45. The molecule has 1 heterocycles. The van der Waals surface area contributed by atoms with E-state index in [1.54, 1.807) is 17.4 Å². The monoisotopic (exact) mass is 375 g/mol. The largest absolute Gasteiger partial charge is 0.150 e. The van der Waals surface area contributed by atoms with Crippen LogP contribution in [0.15, 0.2) is 33.2 Å². The van der Waals surface area contributed by atoms with Gasteiger partial charge in [-0.3, -0.25) is 0 Å². The molecule has 98 valence electrons. The normalized spacial score (nSPS) is 21.4. The first-order chi connectivity index (χ1) is 9.10. The van der Waals surface area contributed by atoms with Gasteiger partial charge < -0.3 is 0 Å². The van der Waals surface area contributed by atoms with Gasteiger partial charge in [-0.25, -0.2) is 0 Å². The molecule has 0 radical (unpaired) electrons. The predicted molar refractivity (Wildman–Crippen MR) is 83.5 cm³/mol. The highest BCUT2D eigenvalue weighted by molar-refractivity contribution is 9.11. The number of hydrogen-bond acceptors (Lipinski definition) is 3. The van der Waals surface area contributed by atoms with Crippen LogP contribution in [0.5, 0.6) is 0 Å². The maximum absolute atomic E-state index is 11.0. The highest BCUT2D eigenvalue weighted by Gasteiger charge is 2.35. The minimum Gasteiger partial charge on any atom is -0.150 e. The van der Waals surface area contributed by atoms with Gasteiger partial charge in [0, 0.05) is 10.8 Å². The zero-order chi connectivity index (χ0) is 13.6. The van der Waals surface area contributed by atoms with E-state index in [2.05, 4.69) is 27.2 Å². The number of hydrogen-bond donors (Lipinski definition) is 0. The Kier molecular flexibility index (Phi) is 3.69.